The van der Waals surface area contributed by atoms with E-state index >= 15 is 0 Å². The summed E-state index contributed by atoms with van der Waals surface area (Å²) in [4.78, 5) is 23.8. The monoisotopic (exact) mass is 305 g/mol. The SMILES string of the molecule is COc1cc(OC)cc(C(=O)NNC(=O)c2cc(C)on2)c1. The van der Waals surface area contributed by atoms with Gasteiger partial charge in [0.05, 0.1) is 14.2 Å². The zero-order chi connectivity index (χ0) is 16.1. The maximum Gasteiger partial charge on any atom is 0.291 e. The fourth-order valence-corrected chi connectivity index (χ4v) is 1.66. The second-order valence-corrected chi connectivity index (χ2v) is 4.33. The maximum absolute atomic E-state index is 12.0. The van der Waals surface area contributed by atoms with Crippen LogP contribution >= 0.6 is 0 Å². The number of hydrazine groups is 1. The number of amides is 2. The number of methoxy groups -OCH3 is 2. The van der Waals surface area contributed by atoms with Gasteiger partial charge < -0.3 is 14.0 Å². The van der Waals surface area contributed by atoms with E-state index in [1.165, 1.54) is 32.4 Å². The van der Waals surface area contributed by atoms with Crippen molar-refractivity contribution in [1.29, 1.82) is 0 Å². The van der Waals surface area contributed by atoms with Gasteiger partial charge in [-0.25, -0.2) is 0 Å². The molecule has 22 heavy (non-hydrogen) atoms. The van der Waals surface area contributed by atoms with Crippen LogP contribution in [0.5, 0.6) is 11.5 Å². The number of hydrogen-bond donors (Lipinski definition) is 2. The molecule has 1 heterocycles. The minimum atomic E-state index is -0.583. The van der Waals surface area contributed by atoms with Crippen LogP contribution in [0.3, 0.4) is 0 Å². The van der Waals surface area contributed by atoms with E-state index in [-0.39, 0.29) is 11.3 Å². The summed E-state index contributed by atoms with van der Waals surface area (Å²) in [5, 5.41) is 3.54. The first-order chi connectivity index (χ1) is 10.5. The number of nitrogens with zero attached hydrogens (tertiary/aromatic N) is 1. The van der Waals surface area contributed by atoms with Crippen LogP contribution in [0.1, 0.15) is 26.6 Å². The topological polar surface area (TPSA) is 103 Å². The summed E-state index contributed by atoms with van der Waals surface area (Å²) >= 11 is 0. The molecular formula is C14H15N3O5. The molecule has 2 aromatic rings. The molecule has 0 aliphatic heterocycles. The van der Waals surface area contributed by atoms with Crippen molar-refractivity contribution < 1.29 is 23.6 Å². The molecule has 0 saturated heterocycles. The van der Waals surface area contributed by atoms with Crippen molar-refractivity contribution in [2.24, 2.45) is 0 Å². The molecule has 1 aromatic carbocycles. The number of rotatable bonds is 4. The molecule has 0 aliphatic rings. The summed E-state index contributed by atoms with van der Waals surface area (Å²) in [6.07, 6.45) is 0. The van der Waals surface area contributed by atoms with Crippen LogP contribution in [-0.2, 0) is 0 Å². The third kappa shape index (κ3) is 3.54. The van der Waals surface area contributed by atoms with Gasteiger partial charge in [0.1, 0.15) is 17.3 Å². The first-order valence-corrected chi connectivity index (χ1v) is 6.30. The minimum Gasteiger partial charge on any atom is -0.497 e. The molecule has 1 aromatic heterocycles. The molecule has 0 unspecified atom stereocenters. The molecule has 116 valence electrons. The van der Waals surface area contributed by atoms with Crippen LogP contribution in [0, 0.1) is 6.92 Å². The second kappa shape index (κ2) is 6.61. The van der Waals surface area contributed by atoms with Crippen molar-refractivity contribution in [3.8, 4) is 11.5 Å². The number of aryl methyl sites for hydroxylation is 1. The van der Waals surface area contributed by atoms with Crippen molar-refractivity contribution in [3.63, 3.8) is 0 Å². The van der Waals surface area contributed by atoms with Gasteiger partial charge in [0.2, 0.25) is 0 Å². The highest BCUT2D eigenvalue weighted by molar-refractivity contribution is 5.98. The Morgan fingerprint density at radius 2 is 1.59 bits per heavy atom. The largest absolute Gasteiger partial charge is 0.497 e. The highest BCUT2D eigenvalue weighted by Crippen LogP contribution is 2.22. The number of carbonyl (C=O) groups excluding carboxylic acids is 2. The van der Waals surface area contributed by atoms with E-state index in [0.717, 1.165) is 0 Å². The van der Waals surface area contributed by atoms with Gasteiger partial charge in [0, 0.05) is 17.7 Å². The Kier molecular flexibility index (Phi) is 4.62. The third-order valence-corrected chi connectivity index (χ3v) is 2.76. The Balaban J connectivity index is 2.04. The van der Waals surface area contributed by atoms with Gasteiger partial charge in [0.15, 0.2) is 5.69 Å². The standard InChI is InChI=1S/C14H15N3O5/c1-8-4-12(17-22-8)14(19)16-15-13(18)9-5-10(20-2)7-11(6-9)21-3/h4-7H,1-3H3,(H,15,18)(H,16,19). The van der Waals surface area contributed by atoms with E-state index in [2.05, 4.69) is 16.0 Å². The van der Waals surface area contributed by atoms with Crippen molar-refractivity contribution in [3.05, 3.63) is 41.3 Å². The van der Waals surface area contributed by atoms with E-state index in [4.69, 9.17) is 14.0 Å². The Hall–Kier alpha value is -3.03. The molecule has 2 N–H and O–H groups in total. The predicted molar refractivity (Wildman–Crippen MR) is 75.7 cm³/mol. The van der Waals surface area contributed by atoms with Crippen molar-refractivity contribution in [1.82, 2.24) is 16.0 Å². The van der Waals surface area contributed by atoms with Crippen LogP contribution in [0.4, 0.5) is 0 Å². The fourth-order valence-electron chi connectivity index (χ4n) is 1.66. The summed E-state index contributed by atoms with van der Waals surface area (Å²) in [5.74, 6) is 0.311. The third-order valence-electron chi connectivity index (χ3n) is 2.76. The normalized spacial score (nSPS) is 9.95. The Labute approximate surface area is 126 Å². The van der Waals surface area contributed by atoms with E-state index in [1.54, 1.807) is 13.0 Å². The van der Waals surface area contributed by atoms with Gasteiger partial charge in [-0.1, -0.05) is 5.16 Å². The first-order valence-electron chi connectivity index (χ1n) is 6.30. The van der Waals surface area contributed by atoms with Gasteiger partial charge in [-0.2, -0.15) is 0 Å². The molecule has 8 nitrogen and oxygen atoms in total. The van der Waals surface area contributed by atoms with E-state index < -0.39 is 11.8 Å². The summed E-state index contributed by atoms with van der Waals surface area (Å²) < 4.78 is 14.9. The van der Waals surface area contributed by atoms with Gasteiger partial charge in [-0.05, 0) is 19.1 Å². The lowest BCUT2D eigenvalue weighted by molar-refractivity contribution is 0.0841. The summed E-state index contributed by atoms with van der Waals surface area (Å²) in [6.45, 7) is 1.66. The van der Waals surface area contributed by atoms with Gasteiger partial charge in [-0.3, -0.25) is 20.4 Å². The van der Waals surface area contributed by atoms with Crippen LogP contribution in [0.2, 0.25) is 0 Å². The van der Waals surface area contributed by atoms with E-state index in [1.807, 2.05) is 0 Å². The predicted octanol–water partition coefficient (Wildman–Crippen LogP) is 1.08. The molecule has 2 amide bonds. The van der Waals surface area contributed by atoms with Crippen LogP contribution < -0.4 is 20.3 Å². The molecule has 0 fully saturated rings. The van der Waals surface area contributed by atoms with Crippen molar-refractivity contribution >= 4 is 11.8 Å². The zero-order valence-corrected chi connectivity index (χ0v) is 12.3. The fraction of sp³-hybridized carbons (Fsp3) is 0.214. The molecule has 0 atom stereocenters. The number of hydrogen-bond acceptors (Lipinski definition) is 6. The number of aromatic nitrogens is 1. The molecule has 8 heteroatoms. The number of nitrogens with one attached hydrogen (secondary N) is 2. The Bertz CT molecular complexity index is 673. The van der Waals surface area contributed by atoms with Gasteiger partial charge >= 0.3 is 0 Å². The van der Waals surface area contributed by atoms with Crippen LogP contribution in [-0.4, -0.2) is 31.2 Å². The van der Waals surface area contributed by atoms with Crippen molar-refractivity contribution in [2.75, 3.05) is 14.2 Å². The number of benzene rings is 1. The molecule has 0 radical (unpaired) electrons. The molecule has 0 bridgehead atoms. The van der Waals surface area contributed by atoms with Gasteiger partial charge in [0.25, 0.3) is 11.8 Å². The van der Waals surface area contributed by atoms with Crippen molar-refractivity contribution in [2.45, 2.75) is 6.92 Å². The Morgan fingerprint density at radius 1 is 1.00 bits per heavy atom. The molecule has 0 aliphatic carbocycles. The average molecular weight is 305 g/mol. The highest BCUT2D eigenvalue weighted by atomic mass is 16.5. The smallest absolute Gasteiger partial charge is 0.291 e. The number of ether oxygens (including phenoxy) is 2. The first kappa shape index (κ1) is 15.4. The van der Waals surface area contributed by atoms with Crippen LogP contribution in [0.15, 0.2) is 28.8 Å². The minimum absolute atomic E-state index is 0.0704. The lowest BCUT2D eigenvalue weighted by atomic mass is 10.2. The molecule has 2 rings (SSSR count). The average Bonchev–Trinajstić information content (AvgIpc) is 2.98. The second-order valence-electron chi connectivity index (χ2n) is 4.33. The quantitative estimate of drug-likeness (QED) is 0.819. The van der Waals surface area contributed by atoms with E-state index in [0.29, 0.717) is 17.3 Å². The van der Waals surface area contributed by atoms with E-state index in [9.17, 15) is 9.59 Å². The van der Waals surface area contributed by atoms with Crippen LogP contribution in [0.25, 0.3) is 0 Å². The lowest BCUT2D eigenvalue weighted by Crippen LogP contribution is -2.41. The summed E-state index contributed by atoms with van der Waals surface area (Å²) in [6, 6.07) is 6.12. The molecule has 0 saturated carbocycles. The van der Waals surface area contributed by atoms with Gasteiger partial charge in [-0.15, -0.1) is 0 Å². The zero-order valence-electron chi connectivity index (χ0n) is 12.3. The summed E-state index contributed by atoms with van der Waals surface area (Å²) in [5.41, 5.74) is 4.86. The summed E-state index contributed by atoms with van der Waals surface area (Å²) in [7, 11) is 2.95. The lowest BCUT2D eigenvalue weighted by Gasteiger charge is -2.09. The Morgan fingerprint density at radius 3 is 2.09 bits per heavy atom. The molecular weight excluding hydrogens is 290 g/mol. The molecule has 0 spiro atoms. The highest BCUT2D eigenvalue weighted by Gasteiger charge is 2.14. The maximum atomic E-state index is 12.0. The number of carbonyl (C=O) groups is 2.